The molecule has 0 saturated heterocycles. The number of non-ortho nitro benzene ring substituents is 1. The largest absolute Gasteiger partial charge is 0.415 e. The lowest BCUT2D eigenvalue weighted by Crippen LogP contribution is -2.61. The average Bonchev–Trinajstić information content (AvgIpc) is 2.60. The van der Waals surface area contributed by atoms with Gasteiger partial charge in [0.1, 0.15) is 0 Å². The molecule has 182 valence electrons. The lowest BCUT2D eigenvalue weighted by Gasteiger charge is -2.46. The Bertz CT molecular complexity index is 790. The number of carbonyl (C=O) groups excluding carboxylic acids is 1. The molecule has 7 nitrogen and oxygen atoms in total. The minimum Gasteiger partial charge on any atom is -0.415 e. The van der Waals surface area contributed by atoms with E-state index in [0.29, 0.717) is 0 Å². The molecule has 0 aliphatic rings. The fourth-order valence-corrected chi connectivity index (χ4v) is 7.36. The number of carbonyl (C=O) groups is 1. The van der Waals surface area contributed by atoms with E-state index in [2.05, 4.69) is 39.3 Å². The summed E-state index contributed by atoms with van der Waals surface area (Å²) in [5.74, 6) is -0.372. The van der Waals surface area contributed by atoms with Crippen LogP contribution in [0.25, 0.3) is 0 Å². The van der Waals surface area contributed by atoms with Crippen molar-refractivity contribution in [3.63, 3.8) is 0 Å². The van der Waals surface area contributed by atoms with Crippen LogP contribution in [0.2, 0.25) is 58.9 Å². The van der Waals surface area contributed by atoms with E-state index >= 15 is 0 Å². The van der Waals surface area contributed by atoms with Crippen molar-refractivity contribution in [1.82, 2.24) is 4.57 Å². The summed E-state index contributed by atoms with van der Waals surface area (Å²) in [5.41, 5.74) is 0.744. The minimum absolute atomic E-state index is 0.00453. The number of alkyl halides is 2. The third-order valence-corrected chi connectivity index (χ3v) is 8.79. The lowest BCUT2D eigenvalue weighted by molar-refractivity contribution is -0.384. The summed E-state index contributed by atoms with van der Waals surface area (Å²) >= 11 is 12.1. The van der Waals surface area contributed by atoms with Crippen molar-refractivity contribution < 1.29 is 18.6 Å². The number of amides is 1. The van der Waals surface area contributed by atoms with Crippen LogP contribution in [0, 0.1) is 10.1 Å². The van der Waals surface area contributed by atoms with Gasteiger partial charge in [-0.25, -0.2) is 0 Å². The Hall–Kier alpha value is -0.759. The van der Waals surface area contributed by atoms with Gasteiger partial charge in [0, 0.05) is 12.1 Å². The van der Waals surface area contributed by atoms with Crippen molar-refractivity contribution >= 4 is 59.7 Å². The first-order chi connectivity index (χ1) is 14.3. The van der Waals surface area contributed by atoms with Crippen LogP contribution in [0.15, 0.2) is 24.3 Å². The molecule has 1 aromatic carbocycles. The fourth-order valence-electron chi connectivity index (χ4n) is 3.26. The molecule has 12 heteroatoms. The van der Waals surface area contributed by atoms with Crippen LogP contribution >= 0.6 is 23.2 Å². The second-order valence-corrected chi connectivity index (χ2v) is 25.6. The van der Waals surface area contributed by atoms with E-state index in [0.717, 1.165) is 5.56 Å². The summed E-state index contributed by atoms with van der Waals surface area (Å²) in [6.07, 6.45) is -0.540. The van der Waals surface area contributed by atoms with Gasteiger partial charge in [0.2, 0.25) is 5.91 Å². The zero-order valence-corrected chi connectivity index (χ0v) is 25.0. The van der Waals surface area contributed by atoms with Gasteiger partial charge in [-0.15, -0.1) is 0 Å². The summed E-state index contributed by atoms with van der Waals surface area (Å²) < 4.78 is 14.7. The Morgan fingerprint density at radius 3 is 1.84 bits per heavy atom. The Morgan fingerprint density at radius 2 is 1.50 bits per heavy atom. The molecule has 0 unspecified atom stereocenters. The summed E-state index contributed by atoms with van der Waals surface area (Å²) in [6.45, 7) is 18.8. The van der Waals surface area contributed by atoms with Crippen LogP contribution in [-0.4, -0.2) is 57.8 Å². The first-order valence-electron chi connectivity index (χ1n) is 10.5. The number of nitrogens with zero attached hydrogens (tertiary/aromatic N) is 2. The summed E-state index contributed by atoms with van der Waals surface area (Å²) in [6, 6.07) is 5.82. The zero-order valence-electron chi connectivity index (χ0n) is 20.4. The van der Waals surface area contributed by atoms with Gasteiger partial charge in [-0.3, -0.25) is 14.9 Å². The standard InChI is InChI=1S/C20H36Cl2N2O5Si3/c1-30(2,3)23(20(25)19(21)22)17(14-28-31(4,5)6)18(29-32(7,8)9)15-10-12-16(13-11-15)24(26)27/h10-13,17-19H,14H2,1-9H3/t17-,18+/m1/s1. The number of rotatable bonds is 11. The molecule has 1 rings (SSSR count). The van der Waals surface area contributed by atoms with E-state index in [-0.39, 0.29) is 18.2 Å². The molecule has 0 radical (unpaired) electrons. The van der Waals surface area contributed by atoms with Crippen LogP contribution in [0.4, 0.5) is 5.69 Å². The van der Waals surface area contributed by atoms with Gasteiger partial charge in [-0.1, -0.05) is 42.8 Å². The second kappa shape index (κ2) is 11.1. The number of hydrogen-bond donors (Lipinski definition) is 0. The Labute approximate surface area is 204 Å². The average molecular weight is 540 g/mol. The molecular weight excluding hydrogens is 503 g/mol. The molecule has 0 saturated carbocycles. The third-order valence-electron chi connectivity index (χ3n) is 4.43. The van der Waals surface area contributed by atoms with E-state index in [1.807, 2.05) is 19.6 Å². The van der Waals surface area contributed by atoms with Crippen LogP contribution in [0.1, 0.15) is 11.7 Å². The van der Waals surface area contributed by atoms with Gasteiger partial charge in [0.05, 0.1) is 23.7 Å². The highest BCUT2D eigenvalue weighted by Crippen LogP contribution is 2.34. The van der Waals surface area contributed by atoms with Gasteiger partial charge in [0.15, 0.2) is 29.7 Å². The van der Waals surface area contributed by atoms with Crippen LogP contribution in [0.5, 0.6) is 0 Å². The number of nitro benzene ring substituents is 1. The monoisotopic (exact) mass is 538 g/mol. The topological polar surface area (TPSA) is 81.9 Å². The van der Waals surface area contributed by atoms with Crippen molar-refractivity contribution in [1.29, 1.82) is 0 Å². The maximum atomic E-state index is 13.2. The van der Waals surface area contributed by atoms with E-state index < -0.39 is 46.8 Å². The summed E-state index contributed by atoms with van der Waals surface area (Å²) in [4.78, 5) is 22.7. The van der Waals surface area contributed by atoms with Crippen LogP contribution in [-0.2, 0) is 13.6 Å². The van der Waals surface area contributed by atoms with Crippen LogP contribution < -0.4 is 0 Å². The third kappa shape index (κ3) is 9.24. The Balaban J connectivity index is 3.66. The molecule has 1 amide bonds. The van der Waals surface area contributed by atoms with E-state index in [1.54, 1.807) is 16.7 Å². The minimum atomic E-state index is -2.29. The van der Waals surface area contributed by atoms with Crippen LogP contribution in [0.3, 0.4) is 0 Å². The van der Waals surface area contributed by atoms with Crippen molar-refractivity contribution in [3.05, 3.63) is 39.9 Å². The van der Waals surface area contributed by atoms with Gasteiger partial charge < -0.3 is 13.4 Å². The highest BCUT2D eigenvalue weighted by molar-refractivity contribution is 6.76. The zero-order chi connectivity index (χ0) is 25.1. The molecule has 2 atom stereocenters. The number of benzene rings is 1. The second-order valence-electron chi connectivity index (χ2n) is 10.7. The molecule has 0 aliphatic heterocycles. The number of hydrogen-bond acceptors (Lipinski definition) is 5. The number of halogens is 2. The molecule has 1 aromatic rings. The molecule has 0 heterocycles. The van der Waals surface area contributed by atoms with Crippen molar-refractivity contribution in [2.75, 3.05) is 6.61 Å². The van der Waals surface area contributed by atoms with Crippen molar-refractivity contribution in [3.8, 4) is 0 Å². The van der Waals surface area contributed by atoms with Gasteiger partial charge in [-0.2, -0.15) is 0 Å². The van der Waals surface area contributed by atoms with Crippen molar-refractivity contribution in [2.45, 2.75) is 75.9 Å². The van der Waals surface area contributed by atoms with Crippen molar-refractivity contribution in [2.24, 2.45) is 0 Å². The maximum absolute atomic E-state index is 13.2. The predicted octanol–water partition coefficient (Wildman–Crippen LogP) is 6.17. The molecule has 0 aromatic heterocycles. The highest BCUT2D eigenvalue weighted by atomic mass is 35.5. The molecule has 0 spiro atoms. The normalized spacial score (nSPS) is 14.9. The predicted molar refractivity (Wildman–Crippen MR) is 139 cm³/mol. The first kappa shape index (κ1) is 29.3. The van der Waals surface area contributed by atoms with Gasteiger partial charge >= 0.3 is 0 Å². The quantitative estimate of drug-likeness (QED) is 0.145. The van der Waals surface area contributed by atoms with Gasteiger partial charge in [-0.05, 0) is 57.0 Å². The Kier molecular flexibility index (Phi) is 10.2. The maximum Gasteiger partial charge on any atom is 0.269 e. The lowest BCUT2D eigenvalue weighted by atomic mass is 10.0. The molecule has 0 aliphatic carbocycles. The molecule has 0 bridgehead atoms. The molecule has 0 N–H and O–H groups in total. The molecule has 32 heavy (non-hydrogen) atoms. The number of nitro groups is 1. The molecular formula is C20H36Cl2N2O5Si3. The fraction of sp³-hybridized carbons (Fsp3) is 0.650. The molecule has 0 fully saturated rings. The highest BCUT2D eigenvalue weighted by Gasteiger charge is 2.43. The smallest absolute Gasteiger partial charge is 0.269 e. The first-order valence-corrected chi connectivity index (χ1v) is 21.6. The van der Waals surface area contributed by atoms with E-state index in [9.17, 15) is 14.9 Å². The van der Waals surface area contributed by atoms with Gasteiger partial charge in [0.25, 0.3) is 5.69 Å². The summed E-state index contributed by atoms with van der Waals surface area (Å²) in [7, 11) is -6.34. The van der Waals surface area contributed by atoms with E-state index in [1.165, 1.54) is 12.1 Å². The van der Waals surface area contributed by atoms with E-state index in [4.69, 9.17) is 32.1 Å². The summed E-state index contributed by atoms with van der Waals surface area (Å²) in [5, 5.41) is 11.2. The SMILES string of the molecule is C[Si](C)(C)OC[C@H]([C@@H](O[Si](C)(C)C)c1ccc([N+](=O)[O-])cc1)N(C(=O)C(Cl)Cl)[Si](C)(C)C. The Morgan fingerprint density at radius 1 is 1.00 bits per heavy atom.